The maximum Gasteiger partial charge on any atom is 0.0983 e. The number of benzene rings is 1. The van der Waals surface area contributed by atoms with Gasteiger partial charge in [-0.05, 0) is 56.2 Å². The molecule has 2 fully saturated rings. The van der Waals surface area contributed by atoms with Crippen molar-refractivity contribution in [2.45, 2.75) is 63.7 Å². The van der Waals surface area contributed by atoms with Gasteiger partial charge in [-0.2, -0.15) is 0 Å². The van der Waals surface area contributed by atoms with Crippen LogP contribution in [0.2, 0.25) is 5.02 Å². The lowest BCUT2D eigenvalue weighted by Gasteiger charge is -2.48. The molecule has 2 aliphatic rings. The first kappa shape index (κ1) is 15.3. The van der Waals surface area contributed by atoms with Crippen molar-refractivity contribution in [1.82, 2.24) is 5.32 Å². The van der Waals surface area contributed by atoms with E-state index in [9.17, 15) is 0 Å². The first-order valence-electron chi connectivity index (χ1n) is 8.28. The smallest absolute Gasteiger partial charge is 0.0983 e. The lowest BCUT2D eigenvalue weighted by Crippen LogP contribution is -2.56. The van der Waals surface area contributed by atoms with Gasteiger partial charge < -0.3 is 10.1 Å². The van der Waals surface area contributed by atoms with Crippen LogP contribution in [0, 0.1) is 5.92 Å². The molecule has 2 atom stereocenters. The van der Waals surface area contributed by atoms with Crippen LogP contribution < -0.4 is 5.32 Å². The van der Waals surface area contributed by atoms with Gasteiger partial charge in [0.1, 0.15) is 0 Å². The Morgan fingerprint density at radius 3 is 2.52 bits per heavy atom. The molecule has 1 saturated heterocycles. The van der Waals surface area contributed by atoms with E-state index in [4.69, 9.17) is 16.3 Å². The molecule has 0 amide bonds. The molecule has 1 aliphatic heterocycles. The monoisotopic (exact) mass is 307 g/mol. The van der Waals surface area contributed by atoms with Crippen molar-refractivity contribution in [3.63, 3.8) is 0 Å². The molecular weight excluding hydrogens is 282 g/mol. The average molecular weight is 308 g/mol. The minimum absolute atomic E-state index is 0.0441. The maximum atomic E-state index is 6.64. The van der Waals surface area contributed by atoms with Crippen LogP contribution in [0.15, 0.2) is 24.3 Å². The first-order valence-corrected chi connectivity index (χ1v) is 8.66. The molecule has 2 nitrogen and oxygen atoms in total. The molecule has 1 aromatic carbocycles. The van der Waals surface area contributed by atoms with Gasteiger partial charge in [-0.25, -0.2) is 0 Å². The summed E-state index contributed by atoms with van der Waals surface area (Å²) in [5, 5.41) is 4.47. The fraction of sp³-hybridized carbons (Fsp3) is 0.667. The van der Waals surface area contributed by atoms with E-state index < -0.39 is 0 Å². The van der Waals surface area contributed by atoms with E-state index in [1.54, 1.807) is 0 Å². The summed E-state index contributed by atoms with van der Waals surface area (Å²) in [6.45, 7) is 5.51. The van der Waals surface area contributed by atoms with Crippen LogP contribution in [0.3, 0.4) is 0 Å². The first-order chi connectivity index (χ1) is 10.1. The molecule has 116 valence electrons. The van der Waals surface area contributed by atoms with Crippen molar-refractivity contribution in [2.24, 2.45) is 5.92 Å². The zero-order chi connectivity index (χ0) is 14.9. The van der Waals surface area contributed by atoms with Gasteiger partial charge in [-0.1, -0.05) is 37.1 Å². The highest BCUT2D eigenvalue weighted by Gasteiger charge is 2.42. The van der Waals surface area contributed by atoms with Crippen LogP contribution in [0.4, 0.5) is 0 Å². The maximum absolute atomic E-state index is 6.64. The molecule has 2 unspecified atom stereocenters. The molecule has 1 N–H and O–H groups in total. The van der Waals surface area contributed by atoms with E-state index in [2.05, 4.69) is 31.3 Å². The van der Waals surface area contributed by atoms with E-state index in [1.807, 2.05) is 12.1 Å². The predicted molar refractivity (Wildman–Crippen MR) is 87.7 cm³/mol. The van der Waals surface area contributed by atoms with E-state index in [1.165, 1.54) is 37.7 Å². The summed E-state index contributed by atoms with van der Waals surface area (Å²) >= 11 is 6.00. The molecule has 0 radical (unpaired) electrons. The van der Waals surface area contributed by atoms with Crippen molar-refractivity contribution in [3.05, 3.63) is 34.9 Å². The van der Waals surface area contributed by atoms with Crippen LogP contribution in [-0.2, 0) is 4.74 Å². The summed E-state index contributed by atoms with van der Waals surface area (Å²) in [4.78, 5) is 0. The van der Waals surface area contributed by atoms with Crippen molar-refractivity contribution in [1.29, 1.82) is 0 Å². The Hall–Kier alpha value is -0.570. The summed E-state index contributed by atoms with van der Waals surface area (Å²) in [5.74, 6) is 0.896. The fourth-order valence-electron chi connectivity index (χ4n) is 3.78. The molecule has 3 rings (SSSR count). The van der Waals surface area contributed by atoms with Crippen molar-refractivity contribution in [3.8, 4) is 0 Å². The van der Waals surface area contributed by atoms with Crippen molar-refractivity contribution in [2.75, 3.05) is 6.54 Å². The number of hydrogen-bond donors (Lipinski definition) is 1. The molecular formula is C18H26ClNO. The Balaban J connectivity index is 1.74. The minimum Gasteiger partial charge on any atom is -0.364 e. The van der Waals surface area contributed by atoms with E-state index in [0.717, 1.165) is 17.5 Å². The van der Waals surface area contributed by atoms with Crippen LogP contribution in [0.5, 0.6) is 0 Å². The third-order valence-corrected chi connectivity index (χ3v) is 5.62. The number of halogens is 1. The number of nitrogens with one attached hydrogen (secondary N) is 1. The van der Waals surface area contributed by atoms with E-state index in [0.29, 0.717) is 6.04 Å². The lowest BCUT2D eigenvalue weighted by molar-refractivity contribution is -0.156. The molecule has 1 heterocycles. The summed E-state index contributed by atoms with van der Waals surface area (Å²) in [6, 6.07) is 8.47. The average Bonchev–Trinajstić information content (AvgIpc) is 2.52. The van der Waals surface area contributed by atoms with Crippen molar-refractivity contribution < 1.29 is 4.74 Å². The zero-order valence-corrected chi connectivity index (χ0v) is 13.8. The number of morpholine rings is 1. The summed E-state index contributed by atoms with van der Waals surface area (Å²) in [5.41, 5.74) is 1.28. The van der Waals surface area contributed by atoms with Gasteiger partial charge in [0.15, 0.2) is 0 Å². The molecule has 0 bridgehead atoms. The van der Waals surface area contributed by atoms with Gasteiger partial charge in [-0.15, -0.1) is 0 Å². The second kappa shape index (κ2) is 6.28. The third-order valence-electron chi connectivity index (χ3n) is 5.37. The normalized spacial score (nSPS) is 36.8. The third kappa shape index (κ3) is 3.28. The summed E-state index contributed by atoms with van der Waals surface area (Å²) < 4.78 is 6.64. The predicted octanol–water partition coefficient (Wildman–Crippen LogP) is 4.73. The number of hydrogen-bond acceptors (Lipinski definition) is 2. The highest BCUT2D eigenvalue weighted by atomic mass is 35.5. The SMILES string of the molecule is CCC1CCC2(CC1)CNC(C)C(c1ccc(Cl)cc1)O2. The molecule has 21 heavy (non-hydrogen) atoms. The van der Waals surface area contributed by atoms with Gasteiger partial charge in [0.25, 0.3) is 0 Å². The molecule has 1 saturated carbocycles. The second-order valence-electron chi connectivity index (χ2n) is 6.79. The van der Waals surface area contributed by atoms with Crippen LogP contribution in [0.25, 0.3) is 0 Å². The fourth-order valence-corrected chi connectivity index (χ4v) is 3.91. The Morgan fingerprint density at radius 1 is 1.24 bits per heavy atom. The molecule has 1 spiro atoms. The van der Waals surface area contributed by atoms with E-state index in [-0.39, 0.29) is 11.7 Å². The zero-order valence-electron chi connectivity index (χ0n) is 13.1. The van der Waals surface area contributed by atoms with Crippen LogP contribution >= 0.6 is 11.6 Å². The van der Waals surface area contributed by atoms with Crippen LogP contribution in [0.1, 0.15) is 57.6 Å². The summed E-state index contributed by atoms with van der Waals surface area (Å²) in [6.07, 6.45) is 6.43. The Morgan fingerprint density at radius 2 is 1.90 bits per heavy atom. The number of ether oxygens (including phenoxy) is 1. The Kier molecular flexibility index (Phi) is 4.58. The topological polar surface area (TPSA) is 21.3 Å². The minimum atomic E-state index is 0.0441. The quantitative estimate of drug-likeness (QED) is 0.853. The van der Waals surface area contributed by atoms with Gasteiger partial charge in [0, 0.05) is 17.6 Å². The molecule has 3 heteroatoms. The van der Waals surface area contributed by atoms with E-state index >= 15 is 0 Å². The molecule has 1 aromatic rings. The molecule has 1 aliphatic carbocycles. The highest BCUT2D eigenvalue weighted by Crippen LogP contribution is 2.42. The Labute approximate surface area is 133 Å². The van der Waals surface area contributed by atoms with Crippen molar-refractivity contribution >= 4 is 11.6 Å². The summed E-state index contributed by atoms with van der Waals surface area (Å²) in [7, 11) is 0. The Bertz CT molecular complexity index is 465. The van der Waals surface area contributed by atoms with Crippen LogP contribution in [-0.4, -0.2) is 18.2 Å². The highest BCUT2D eigenvalue weighted by molar-refractivity contribution is 6.30. The van der Waals surface area contributed by atoms with Gasteiger partial charge >= 0.3 is 0 Å². The van der Waals surface area contributed by atoms with Gasteiger partial charge in [0.2, 0.25) is 0 Å². The lowest BCUT2D eigenvalue weighted by atomic mass is 9.76. The largest absolute Gasteiger partial charge is 0.364 e. The standard InChI is InChI=1S/C18H26ClNO/c1-3-14-8-10-18(11-9-14)12-20-13(2)17(21-18)15-4-6-16(19)7-5-15/h4-7,13-14,17,20H,3,8-12H2,1-2H3. The number of rotatable bonds is 2. The van der Waals surface area contributed by atoms with Gasteiger partial charge in [0.05, 0.1) is 11.7 Å². The molecule has 0 aromatic heterocycles. The second-order valence-corrected chi connectivity index (χ2v) is 7.23. The van der Waals surface area contributed by atoms with Gasteiger partial charge in [-0.3, -0.25) is 0 Å².